The summed E-state index contributed by atoms with van der Waals surface area (Å²) in [5, 5.41) is 7.35. The van der Waals surface area contributed by atoms with Crippen molar-refractivity contribution >= 4 is 5.84 Å². The maximum Gasteiger partial charge on any atom is 0.122 e. The summed E-state index contributed by atoms with van der Waals surface area (Å²) in [6.45, 7) is 0.793. The van der Waals surface area contributed by atoms with E-state index in [9.17, 15) is 0 Å². The third-order valence-electron chi connectivity index (χ3n) is 3.11. The molecule has 0 amide bonds. The molecular weight excluding hydrogens is 200 g/mol. The van der Waals surface area contributed by atoms with Gasteiger partial charge in [-0.3, -0.25) is 5.41 Å². The van der Waals surface area contributed by atoms with Crippen LogP contribution in [0.4, 0.5) is 0 Å². The number of benzene rings is 1. The zero-order valence-corrected chi connectivity index (χ0v) is 9.41. The average Bonchev–Trinajstić information content (AvgIpc) is 2.79. The van der Waals surface area contributed by atoms with Crippen LogP contribution in [0.3, 0.4) is 0 Å². The zero-order chi connectivity index (χ0) is 11.4. The molecule has 1 fully saturated rings. The summed E-state index contributed by atoms with van der Waals surface area (Å²) in [5.41, 5.74) is 6.15. The Morgan fingerprint density at radius 1 is 1.38 bits per heavy atom. The van der Waals surface area contributed by atoms with Crippen LogP contribution in [0.5, 0.6) is 5.75 Å². The maximum absolute atomic E-state index is 7.35. The Hall–Kier alpha value is -1.51. The van der Waals surface area contributed by atoms with E-state index in [1.165, 1.54) is 25.7 Å². The van der Waals surface area contributed by atoms with Gasteiger partial charge in [0.25, 0.3) is 0 Å². The van der Waals surface area contributed by atoms with Crippen LogP contribution in [0.25, 0.3) is 0 Å². The number of amidine groups is 1. The van der Waals surface area contributed by atoms with Crippen molar-refractivity contribution in [3.8, 4) is 5.75 Å². The third-order valence-corrected chi connectivity index (χ3v) is 3.11. The fourth-order valence-electron chi connectivity index (χ4n) is 2.14. The first-order valence-corrected chi connectivity index (χ1v) is 5.83. The third kappa shape index (κ3) is 2.75. The minimum Gasteiger partial charge on any atom is -0.493 e. The van der Waals surface area contributed by atoms with Gasteiger partial charge in [-0.1, -0.05) is 25.0 Å². The Morgan fingerprint density at radius 2 is 2.12 bits per heavy atom. The molecule has 0 bridgehead atoms. The van der Waals surface area contributed by atoms with Gasteiger partial charge in [-0.25, -0.2) is 0 Å². The van der Waals surface area contributed by atoms with Crippen molar-refractivity contribution in [2.75, 3.05) is 6.61 Å². The second-order valence-corrected chi connectivity index (χ2v) is 4.40. The van der Waals surface area contributed by atoms with Gasteiger partial charge in [-0.05, 0) is 30.9 Å². The Morgan fingerprint density at radius 3 is 2.81 bits per heavy atom. The van der Waals surface area contributed by atoms with Crippen LogP contribution in [-0.4, -0.2) is 12.4 Å². The molecular formula is C13H18N2O. The quantitative estimate of drug-likeness (QED) is 0.602. The minimum absolute atomic E-state index is 0.0892. The molecule has 1 saturated carbocycles. The van der Waals surface area contributed by atoms with Gasteiger partial charge in [0.15, 0.2) is 0 Å². The fraction of sp³-hybridized carbons (Fsp3) is 0.462. The van der Waals surface area contributed by atoms with Crippen molar-refractivity contribution in [2.45, 2.75) is 25.7 Å². The van der Waals surface area contributed by atoms with E-state index in [0.29, 0.717) is 5.92 Å². The molecule has 0 aromatic heterocycles. The van der Waals surface area contributed by atoms with Crippen molar-refractivity contribution in [1.82, 2.24) is 0 Å². The predicted octanol–water partition coefficient (Wildman–Crippen LogP) is 2.54. The van der Waals surface area contributed by atoms with Gasteiger partial charge in [0.2, 0.25) is 0 Å². The summed E-state index contributed by atoms with van der Waals surface area (Å²) in [7, 11) is 0. The lowest BCUT2D eigenvalue weighted by Gasteiger charge is -2.11. The molecule has 1 aliphatic rings. The number of hydrogen-bond donors (Lipinski definition) is 2. The highest BCUT2D eigenvalue weighted by Gasteiger charge is 2.15. The predicted molar refractivity (Wildman–Crippen MR) is 64.9 cm³/mol. The van der Waals surface area contributed by atoms with E-state index in [-0.39, 0.29) is 5.84 Å². The molecule has 1 aromatic rings. The summed E-state index contributed by atoms with van der Waals surface area (Å²) in [4.78, 5) is 0. The van der Waals surface area contributed by atoms with Gasteiger partial charge in [-0.2, -0.15) is 0 Å². The second-order valence-electron chi connectivity index (χ2n) is 4.40. The lowest BCUT2D eigenvalue weighted by molar-refractivity contribution is 0.252. The monoisotopic (exact) mass is 218 g/mol. The van der Waals surface area contributed by atoms with Crippen molar-refractivity contribution in [3.05, 3.63) is 29.8 Å². The fourth-order valence-corrected chi connectivity index (χ4v) is 2.14. The first-order chi connectivity index (χ1) is 7.75. The summed E-state index contributed by atoms with van der Waals surface area (Å²) >= 11 is 0. The minimum atomic E-state index is 0.0892. The normalized spacial score (nSPS) is 16.2. The summed E-state index contributed by atoms with van der Waals surface area (Å²) in [5.74, 6) is 1.62. The van der Waals surface area contributed by atoms with Gasteiger partial charge >= 0.3 is 0 Å². The van der Waals surface area contributed by atoms with Crippen molar-refractivity contribution < 1.29 is 4.74 Å². The number of nitrogens with two attached hydrogens (primary N) is 1. The van der Waals surface area contributed by atoms with E-state index in [1.807, 2.05) is 24.3 Å². The zero-order valence-electron chi connectivity index (χ0n) is 9.41. The van der Waals surface area contributed by atoms with Crippen LogP contribution in [0, 0.1) is 11.3 Å². The molecule has 2 rings (SSSR count). The van der Waals surface area contributed by atoms with Gasteiger partial charge in [0.1, 0.15) is 11.6 Å². The van der Waals surface area contributed by atoms with Crippen LogP contribution in [0.2, 0.25) is 0 Å². The Balaban J connectivity index is 1.93. The topological polar surface area (TPSA) is 59.1 Å². The molecule has 1 aliphatic carbocycles. The number of rotatable bonds is 4. The van der Waals surface area contributed by atoms with Gasteiger partial charge in [0.05, 0.1) is 6.61 Å². The number of nitrogens with one attached hydrogen (secondary N) is 1. The van der Waals surface area contributed by atoms with E-state index in [1.54, 1.807) is 0 Å². The van der Waals surface area contributed by atoms with Gasteiger partial charge in [0, 0.05) is 5.56 Å². The highest BCUT2D eigenvalue weighted by Crippen LogP contribution is 2.25. The number of hydrogen-bond acceptors (Lipinski definition) is 2. The molecule has 16 heavy (non-hydrogen) atoms. The first-order valence-electron chi connectivity index (χ1n) is 5.83. The van der Waals surface area contributed by atoms with E-state index >= 15 is 0 Å². The SMILES string of the molecule is N=C(N)c1cccc(OCC2CCCC2)c1. The van der Waals surface area contributed by atoms with E-state index in [4.69, 9.17) is 15.9 Å². The molecule has 1 aromatic carbocycles. The highest BCUT2D eigenvalue weighted by atomic mass is 16.5. The lowest BCUT2D eigenvalue weighted by atomic mass is 10.1. The standard InChI is InChI=1S/C13H18N2O/c14-13(15)11-6-3-7-12(8-11)16-9-10-4-1-2-5-10/h3,6-8,10H,1-2,4-5,9H2,(H3,14,15). The molecule has 3 nitrogen and oxygen atoms in total. The van der Waals surface area contributed by atoms with Gasteiger partial charge < -0.3 is 10.5 Å². The van der Waals surface area contributed by atoms with Crippen LogP contribution in [0.15, 0.2) is 24.3 Å². The largest absolute Gasteiger partial charge is 0.493 e. The van der Waals surface area contributed by atoms with E-state index in [0.717, 1.165) is 17.9 Å². The molecule has 3 heteroatoms. The summed E-state index contributed by atoms with van der Waals surface area (Å²) in [6, 6.07) is 7.45. The first kappa shape index (κ1) is 11.0. The molecule has 3 N–H and O–H groups in total. The molecule has 0 heterocycles. The molecule has 0 radical (unpaired) electrons. The van der Waals surface area contributed by atoms with E-state index in [2.05, 4.69) is 0 Å². The van der Waals surface area contributed by atoms with Crippen LogP contribution >= 0.6 is 0 Å². The van der Waals surface area contributed by atoms with E-state index < -0.39 is 0 Å². The summed E-state index contributed by atoms with van der Waals surface area (Å²) in [6.07, 6.45) is 5.24. The maximum atomic E-state index is 7.35. The molecule has 0 atom stereocenters. The van der Waals surface area contributed by atoms with Crippen LogP contribution < -0.4 is 10.5 Å². The van der Waals surface area contributed by atoms with Crippen molar-refractivity contribution in [3.63, 3.8) is 0 Å². The lowest BCUT2D eigenvalue weighted by Crippen LogP contribution is -2.12. The Labute approximate surface area is 96.1 Å². The molecule has 86 valence electrons. The highest BCUT2D eigenvalue weighted by molar-refractivity contribution is 5.95. The molecule has 0 aliphatic heterocycles. The number of nitrogen functional groups attached to an aromatic ring is 1. The average molecular weight is 218 g/mol. The smallest absolute Gasteiger partial charge is 0.122 e. The summed E-state index contributed by atoms with van der Waals surface area (Å²) < 4.78 is 5.73. The number of ether oxygens (including phenoxy) is 1. The molecule has 0 unspecified atom stereocenters. The molecule has 0 spiro atoms. The van der Waals surface area contributed by atoms with Crippen LogP contribution in [0.1, 0.15) is 31.2 Å². The Bertz CT molecular complexity index is 370. The Kier molecular flexibility index (Phi) is 3.44. The van der Waals surface area contributed by atoms with Crippen LogP contribution in [-0.2, 0) is 0 Å². The van der Waals surface area contributed by atoms with Crippen molar-refractivity contribution in [2.24, 2.45) is 11.7 Å². The molecule has 0 saturated heterocycles. The van der Waals surface area contributed by atoms with Gasteiger partial charge in [-0.15, -0.1) is 0 Å². The van der Waals surface area contributed by atoms with Crippen molar-refractivity contribution in [1.29, 1.82) is 5.41 Å². The second kappa shape index (κ2) is 5.01.